The molecule has 2 rings (SSSR count). The fourth-order valence-electron chi connectivity index (χ4n) is 2.11. The van der Waals surface area contributed by atoms with Gasteiger partial charge < -0.3 is 20.2 Å². The summed E-state index contributed by atoms with van der Waals surface area (Å²) in [5, 5.41) is 12.9. The van der Waals surface area contributed by atoms with Crippen LogP contribution in [0.2, 0.25) is 0 Å². The van der Waals surface area contributed by atoms with E-state index in [0.717, 1.165) is 36.9 Å². The zero-order chi connectivity index (χ0) is 14.4. The number of rotatable bonds is 7. The largest absolute Gasteiger partial charge is 0.409 e. The SMILES string of the molecule is CCCCOCCn1ccc2ccc(/C(N)=N/O)cc21. The first kappa shape index (κ1) is 14.4. The van der Waals surface area contributed by atoms with Gasteiger partial charge in [-0.15, -0.1) is 0 Å². The maximum absolute atomic E-state index is 8.74. The van der Waals surface area contributed by atoms with Crippen molar-refractivity contribution in [2.45, 2.75) is 26.3 Å². The summed E-state index contributed by atoms with van der Waals surface area (Å²) in [6.07, 6.45) is 4.28. The topological polar surface area (TPSA) is 72.8 Å². The lowest BCUT2D eigenvalue weighted by Gasteiger charge is -2.07. The molecule has 0 atom stereocenters. The second kappa shape index (κ2) is 6.96. The molecule has 0 aliphatic heterocycles. The van der Waals surface area contributed by atoms with Crippen molar-refractivity contribution in [3.8, 4) is 0 Å². The number of hydrogen-bond donors (Lipinski definition) is 2. The number of unbranched alkanes of at least 4 members (excludes halogenated alkanes) is 1. The number of nitrogens with two attached hydrogens (primary N) is 1. The Balaban J connectivity index is 2.09. The Hall–Kier alpha value is -2.01. The first-order valence-corrected chi connectivity index (χ1v) is 6.90. The summed E-state index contributed by atoms with van der Waals surface area (Å²) in [5.74, 6) is 0.124. The summed E-state index contributed by atoms with van der Waals surface area (Å²) >= 11 is 0. The normalized spacial score (nSPS) is 12.2. The second-order valence-electron chi connectivity index (χ2n) is 4.73. The first-order valence-electron chi connectivity index (χ1n) is 6.90. The average molecular weight is 275 g/mol. The van der Waals surface area contributed by atoms with E-state index in [-0.39, 0.29) is 5.84 Å². The molecule has 0 bridgehead atoms. The Morgan fingerprint density at radius 1 is 1.35 bits per heavy atom. The van der Waals surface area contributed by atoms with Gasteiger partial charge in [0.25, 0.3) is 0 Å². The molecule has 0 aliphatic rings. The predicted octanol–water partition coefficient (Wildman–Crippen LogP) is 2.55. The quantitative estimate of drug-likeness (QED) is 0.268. The molecule has 20 heavy (non-hydrogen) atoms. The summed E-state index contributed by atoms with van der Waals surface area (Å²) in [4.78, 5) is 0. The highest BCUT2D eigenvalue weighted by atomic mass is 16.5. The summed E-state index contributed by atoms with van der Waals surface area (Å²) in [7, 11) is 0. The van der Waals surface area contributed by atoms with E-state index in [0.29, 0.717) is 12.2 Å². The maximum atomic E-state index is 8.74. The van der Waals surface area contributed by atoms with Gasteiger partial charge in [0, 0.05) is 30.4 Å². The molecule has 3 N–H and O–H groups in total. The van der Waals surface area contributed by atoms with Crippen LogP contribution in [0, 0.1) is 0 Å². The van der Waals surface area contributed by atoms with Crippen LogP contribution < -0.4 is 5.73 Å². The zero-order valence-electron chi connectivity index (χ0n) is 11.7. The van der Waals surface area contributed by atoms with Crippen molar-refractivity contribution in [2.75, 3.05) is 13.2 Å². The molecule has 0 radical (unpaired) electrons. The van der Waals surface area contributed by atoms with Crippen molar-refractivity contribution in [3.05, 3.63) is 36.0 Å². The highest BCUT2D eigenvalue weighted by molar-refractivity contribution is 6.00. The van der Waals surface area contributed by atoms with Crippen LogP contribution in [0.3, 0.4) is 0 Å². The average Bonchev–Trinajstić information content (AvgIpc) is 2.88. The Morgan fingerprint density at radius 3 is 2.95 bits per heavy atom. The molecule has 0 fully saturated rings. The fraction of sp³-hybridized carbons (Fsp3) is 0.400. The molecular weight excluding hydrogens is 254 g/mol. The number of aromatic nitrogens is 1. The van der Waals surface area contributed by atoms with E-state index in [9.17, 15) is 0 Å². The van der Waals surface area contributed by atoms with Crippen LogP contribution in [0.5, 0.6) is 0 Å². The van der Waals surface area contributed by atoms with E-state index in [1.165, 1.54) is 0 Å². The maximum Gasteiger partial charge on any atom is 0.170 e. The van der Waals surface area contributed by atoms with Gasteiger partial charge in [0.15, 0.2) is 5.84 Å². The molecule has 5 nitrogen and oxygen atoms in total. The highest BCUT2D eigenvalue weighted by Gasteiger charge is 2.05. The van der Waals surface area contributed by atoms with E-state index >= 15 is 0 Å². The number of benzene rings is 1. The molecule has 108 valence electrons. The molecule has 1 aromatic carbocycles. The van der Waals surface area contributed by atoms with Crippen molar-refractivity contribution >= 4 is 16.7 Å². The smallest absolute Gasteiger partial charge is 0.170 e. The van der Waals surface area contributed by atoms with Gasteiger partial charge in [-0.25, -0.2) is 0 Å². The van der Waals surface area contributed by atoms with E-state index in [1.54, 1.807) is 0 Å². The third kappa shape index (κ3) is 3.30. The van der Waals surface area contributed by atoms with Crippen LogP contribution in [0.1, 0.15) is 25.3 Å². The molecule has 1 heterocycles. The molecular formula is C15H21N3O2. The molecule has 1 aromatic heterocycles. The van der Waals surface area contributed by atoms with E-state index < -0.39 is 0 Å². The predicted molar refractivity (Wildman–Crippen MR) is 80.2 cm³/mol. The van der Waals surface area contributed by atoms with Gasteiger partial charge >= 0.3 is 0 Å². The van der Waals surface area contributed by atoms with Gasteiger partial charge in [0.1, 0.15) is 0 Å². The van der Waals surface area contributed by atoms with Crippen LogP contribution in [0.15, 0.2) is 35.6 Å². The van der Waals surface area contributed by atoms with Crippen LogP contribution in [-0.2, 0) is 11.3 Å². The van der Waals surface area contributed by atoms with Gasteiger partial charge in [-0.05, 0) is 23.9 Å². The van der Waals surface area contributed by atoms with Crippen molar-refractivity contribution < 1.29 is 9.94 Å². The molecule has 0 amide bonds. The molecule has 0 saturated carbocycles. The summed E-state index contributed by atoms with van der Waals surface area (Å²) < 4.78 is 7.71. The standard InChI is InChI=1S/C15H21N3O2/c1-2-3-9-20-10-8-18-7-6-12-4-5-13(11-14(12)18)15(16)17-19/h4-7,11,19H,2-3,8-10H2,1H3,(H2,16,17). The van der Waals surface area contributed by atoms with E-state index in [1.807, 2.05) is 24.4 Å². The van der Waals surface area contributed by atoms with Crippen LogP contribution in [0.25, 0.3) is 10.9 Å². The van der Waals surface area contributed by atoms with Crippen molar-refractivity contribution in [2.24, 2.45) is 10.9 Å². The van der Waals surface area contributed by atoms with E-state index in [2.05, 4.69) is 22.7 Å². The number of amidine groups is 1. The Morgan fingerprint density at radius 2 is 2.20 bits per heavy atom. The van der Waals surface area contributed by atoms with Crippen molar-refractivity contribution in [1.29, 1.82) is 0 Å². The second-order valence-corrected chi connectivity index (χ2v) is 4.73. The lowest BCUT2D eigenvalue weighted by Crippen LogP contribution is -2.13. The van der Waals surface area contributed by atoms with E-state index in [4.69, 9.17) is 15.7 Å². The lowest BCUT2D eigenvalue weighted by atomic mass is 10.1. The Bertz CT molecular complexity index is 590. The Kier molecular flexibility index (Phi) is 5.01. The number of hydrogen-bond acceptors (Lipinski definition) is 3. The van der Waals surface area contributed by atoms with Crippen LogP contribution in [0.4, 0.5) is 0 Å². The summed E-state index contributed by atoms with van der Waals surface area (Å²) in [6, 6.07) is 7.80. The molecule has 0 unspecified atom stereocenters. The minimum Gasteiger partial charge on any atom is -0.409 e. The van der Waals surface area contributed by atoms with Gasteiger partial charge in [0.05, 0.1) is 6.61 Å². The van der Waals surface area contributed by atoms with Crippen LogP contribution in [-0.4, -0.2) is 28.8 Å². The van der Waals surface area contributed by atoms with Crippen molar-refractivity contribution in [1.82, 2.24) is 4.57 Å². The Labute approximate surface area is 118 Å². The van der Waals surface area contributed by atoms with Crippen LogP contribution >= 0.6 is 0 Å². The molecule has 2 aromatic rings. The monoisotopic (exact) mass is 275 g/mol. The first-order chi connectivity index (χ1) is 9.76. The molecule has 0 spiro atoms. The summed E-state index contributed by atoms with van der Waals surface area (Å²) in [5.41, 5.74) is 7.40. The number of fused-ring (bicyclic) bond motifs is 1. The lowest BCUT2D eigenvalue weighted by molar-refractivity contribution is 0.124. The van der Waals surface area contributed by atoms with Gasteiger partial charge in [0.2, 0.25) is 0 Å². The molecule has 0 saturated heterocycles. The third-order valence-corrected chi connectivity index (χ3v) is 3.30. The minimum atomic E-state index is 0.124. The zero-order valence-corrected chi connectivity index (χ0v) is 11.7. The minimum absolute atomic E-state index is 0.124. The van der Waals surface area contributed by atoms with Gasteiger partial charge in [-0.1, -0.05) is 30.6 Å². The number of oxime groups is 1. The fourth-order valence-corrected chi connectivity index (χ4v) is 2.11. The van der Waals surface area contributed by atoms with Gasteiger partial charge in [-0.2, -0.15) is 0 Å². The van der Waals surface area contributed by atoms with Gasteiger partial charge in [-0.3, -0.25) is 0 Å². The third-order valence-electron chi connectivity index (χ3n) is 3.30. The number of ether oxygens (including phenoxy) is 1. The molecule has 5 heteroatoms. The van der Waals surface area contributed by atoms with Crippen molar-refractivity contribution in [3.63, 3.8) is 0 Å². The number of nitrogens with zero attached hydrogens (tertiary/aromatic N) is 2. The highest BCUT2D eigenvalue weighted by Crippen LogP contribution is 2.17. The summed E-state index contributed by atoms with van der Waals surface area (Å²) in [6.45, 7) is 4.45. The molecule has 0 aliphatic carbocycles.